The molecule has 3 nitrogen and oxygen atoms in total. The molecular weight excluding hydrogens is 322 g/mol. The molecule has 1 heterocycles. The van der Waals surface area contributed by atoms with Crippen molar-refractivity contribution >= 4 is 29.2 Å². The van der Waals surface area contributed by atoms with E-state index in [4.69, 9.17) is 16.0 Å². The number of carbonyl (C=O) groups is 1. The summed E-state index contributed by atoms with van der Waals surface area (Å²) in [5.74, 6) is 0.519. The molecule has 4 heteroatoms. The topological polar surface area (TPSA) is 42.2 Å². The fraction of sp³-hybridized carbons (Fsp3) is 0.0500. The molecule has 0 bridgehead atoms. The van der Waals surface area contributed by atoms with Crippen molar-refractivity contribution in [3.63, 3.8) is 0 Å². The van der Waals surface area contributed by atoms with Crippen LogP contribution < -0.4 is 5.32 Å². The monoisotopic (exact) mass is 337 g/mol. The summed E-state index contributed by atoms with van der Waals surface area (Å²) in [5.41, 5.74) is 2.18. The smallest absolute Gasteiger partial charge is 0.252 e. The number of amides is 1. The normalized spacial score (nSPS) is 11.3. The lowest BCUT2D eigenvalue weighted by molar-refractivity contribution is -0.115. The van der Waals surface area contributed by atoms with Gasteiger partial charge in [0.25, 0.3) is 5.91 Å². The van der Waals surface area contributed by atoms with Crippen molar-refractivity contribution in [1.29, 1.82) is 0 Å². The summed E-state index contributed by atoms with van der Waals surface area (Å²) >= 11 is 6.23. The summed E-state index contributed by atoms with van der Waals surface area (Å²) in [5, 5.41) is 3.48. The van der Waals surface area contributed by atoms with Gasteiger partial charge in [0, 0.05) is 10.6 Å². The van der Waals surface area contributed by atoms with Crippen LogP contribution in [0.4, 0.5) is 0 Å². The van der Waals surface area contributed by atoms with Gasteiger partial charge in [-0.1, -0.05) is 60.1 Å². The summed E-state index contributed by atoms with van der Waals surface area (Å²) < 4.78 is 5.25. The van der Waals surface area contributed by atoms with Crippen LogP contribution in [0.2, 0.25) is 5.02 Å². The van der Waals surface area contributed by atoms with E-state index in [1.807, 2.05) is 54.6 Å². The SMILES string of the molecule is O=C(NCc1ccco1)/C(=C/c1ccccc1Cl)c1ccccc1. The Labute approximate surface area is 145 Å². The summed E-state index contributed by atoms with van der Waals surface area (Å²) in [6, 6.07) is 20.5. The molecular formula is C20H16ClNO2. The van der Waals surface area contributed by atoms with Crippen LogP contribution in [0.1, 0.15) is 16.9 Å². The molecule has 0 saturated heterocycles. The third-order valence-electron chi connectivity index (χ3n) is 3.54. The molecule has 0 atom stereocenters. The van der Waals surface area contributed by atoms with Gasteiger partial charge in [0.2, 0.25) is 0 Å². The molecule has 1 N–H and O–H groups in total. The third-order valence-corrected chi connectivity index (χ3v) is 3.88. The van der Waals surface area contributed by atoms with Crippen LogP contribution in [0.25, 0.3) is 11.6 Å². The molecule has 0 aliphatic rings. The first kappa shape index (κ1) is 16.1. The fourth-order valence-electron chi connectivity index (χ4n) is 2.32. The zero-order valence-corrected chi connectivity index (χ0v) is 13.7. The second-order valence-electron chi connectivity index (χ2n) is 5.21. The van der Waals surface area contributed by atoms with Gasteiger partial charge < -0.3 is 9.73 Å². The van der Waals surface area contributed by atoms with Crippen molar-refractivity contribution in [2.75, 3.05) is 0 Å². The fourth-order valence-corrected chi connectivity index (χ4v) is 2.51. The lowest BCUT2D eigenvalue weighted by Crippen LogP contribution is -2.23. The molecule has 24 heavy (non-hydrogen) atoms. The highest BCUT2D eigenvalue weighted by Crippen LogP contribution is 2.23. The molecule has 3 rings (SSSR count). The molecule has 1 amide bonds. The summed E-state index contributed by atoms with van der Waals surface area (Å²) in [6.45, 7) is 0.332. The van der Waals surface area contributed by atoms with Crippen LogP contribution in [0.15, 0.2) is 77.4 Å². The third kappa shape index (κ3) is 3.94. The number of rotatable bonds is 5. The largest absolute Gasteiger partial charge is 0.467 e. The highest BCUT2D eigenvalue weighted by molar-refractivity contribution is 6.33. The first-order valence-corrected chi connectivity index (χ1v) is 7.94. The maximum absolute atomic E-state index is 12.7. The second-order valence-corrected chi connectivity index (χ2v) is 5.61. The van der Waals surface area contributed by atoms with Crippen molar-refractivity contribution in [1.82, 2.24) is 5.32 Å². The van der Waals surface area contributed by atoms with Crippen molar-refractivity contribution in [3.05, 3.63) is 94.9 Å². The minimum atomic E-state index is -0.183. The molecule has 120 valence electrons. The predicted molar refractivity (Wildman–Crippen MR) is 96.3 cm³/mol. The van der Waals surface area contributed by atoms with Gasteiger partial charge in [-0.25, -0.2) is 0 Å². The summed E-state index contributed by atoms with van der Waals surface area (Å²) in [4.78, 5) is 12.7. The molecule has 0 spiro atoms. The minimum absolute atomic E-state index is 0.183. The molecule has 0 aliphatic heterocycles. The van der Waals surface area contributed by atoms with E-state index >= 15 is 0 Å². The van der Waals surface area contributed by atoms with Crippen molar-refractivity contribution < 1.29 is 9.21 Å². The van der Waals surface area contributed by atoms with Crippen molar-refractivity contribution in [2.45, 2.75) is 6.54 Å². The molecule has 2 aromatic carbocycles. The number of halogens is 1. The molecule has 0 radical (unpaired) electrons. The van der Waals surface area contributed by atoms with Gasteiger partial charge in [0.05, 0.1) is 12.8 Å². The highest BCUT2D eigenvalue weighted by atomic mass is 35.5. The Morgan fingerprint density at radius 1 is 1.00 bits per heavy atom. The number of nitrogens with one attached hydrogen (secondary N) is 1. The first-order chi connectivity index (χ1) is 11.7. The second kappa shape index (κ2) is 7.66. The Balaban J connectivity index is 1.90. The van der Waals surface area contributed by atoms with Crippen molar-refractivity contribution in [3.8, 4) is 0 Å². The van der Waals surface area contributed by atoms with E-state index in [0.29, 0.717) is 22.9 Å². The standard InChI is InChI=1S/C20H16ClNO2/c21-19-11-5-4-9-16(19)13-18(15-7-2-1-3-8-15)20(23)22-14-17-10-6-12-24-17/h1-13H,14H2,(H,22,23)/b18-13+. The van der Waals surface area contributed by atoms with E-state index in [0.717, 1.165) is 11.1 Å². The summed E-state index contributed by atoms with van der Waals surface area (Å²) in [7, 11) is 0. The van der Waals surface area contributed by atoms with E-state index in [-0.39, 0.29) is 5.91 Å². The maximum Gasteiger partial charge on any atom is 0.252 e. The highest BCUT2D eigenvalue weighted by Gasteiger charge is 2.13. The number of furan rings is 1. The average molecular weight is 338 g/mol. The van der Waals surface area contributed by atoms with Gasteiger partial charge in [-0.3, -0.25) is 4.79 Å². The Hall–Kier alpha value is -2.78. The van der Waals surface area contributed by atoms with Crippen LogP contribution in [0.5, 0.6) is 0 Å². The molecule has 1 aromatic heterocycles. The minimum Gasteiger partial charge on any atom is -0.467 e. The Bertz CT molecular complexity index is 839. The zero-order valence-electron chi connectivity index (χ0n) is 12.9. The average Bonchev–Trinajstić information content (AvgIpc) is 3.13. The van der Waals surface area contributed by atoms with Crippen LogP contribution in [0.3, 0.4) is 0 Å². The lowest BCUT2D eigenvalue weighted by atomic mass is 10.0. The van der Waals surface area contributed by atoms with Crippen LogP contribution in [-0.4, -0.2) is 5.91 Å². The van der Waals surface area contributed by atoms with E-state index in [1.54, 1.807) is 24.5 Å². The van der Waals surface area contributed by atoms with E-state index in [9.17, 15) is 4.79 Å². The quantitative estimate of drug-likeness (QED) is 0.537. The first-order valence-electron chi connectivity index (χ1n) is 7.56. The van der Waals surface area contributed by atoms with Crippen LogP contribution >= 0.6 is 11.6 Å². The van der Waals surface area contributed by atoms with Gasteiger partial charge in [0.15, 0.2) is 0 Å². The number of carbonyl (C=O) groups excluding carboxylic acids is 1. The molecule has 0 aliphatic carbocycles. The Morgan fingerprint density at radius 2 is 1.75 bits per heavy atom. The van der Waals surface area contributed by atoms with E-state index in [2.05, 4.69) is 5.32 Å². The molecule has 3 aromatic rings. The number of hydrogen-bond acceptors (Lipinski definition) is 2. The Morgan fingerprint density at radius 3 is 2.46 bits per heavy atom. The van der Waals surface area contributed by atoms with Gasteiger partial charge in [-0.15, -0.1) is 0 Å². The van der Waals surface area contributed by atoms with Crippen LogP contribution in [-0.2, 0) is 11.3 Å². The maximum atomic E-state index is 12.7. The number of hydrogen-bond donors (Lipinski definition) is 1. The van der Waals surface area contributed by atoms with Crippen molar-refractivity contribution in [2.24, 2.45) is 0 Å². The Kier molecular flexibility index (Phi) is 5.14. The zero-order chi connectivity index (χ0) is 16.8. The van der Waals surface area contributed by atoms with E-state index < -0.39 is 0 Å². The lowest BCUT2D eigenvalue weighted by Gasteiger charge is -2.09. The molecule has 0 unspecified atom stereocenters. The van der Waals surface area contributed by atoms with Gasteiger partial charge >= 0.3 is 0 Å². The summed E-state index contributed by atoms with van der Waals surface area (Å²) in [6.07, 6.45) is 3.38. The number of benzene rings is 2. The molecule has 0 fully saturated rings. The predicted octanol–water partition coefficient (Wildman–Crippen LogP) is 4.79. The van der Waals surface area contributed by atoms with Crippen LogP contribution in [0, 0.1) is 0 Å². The van der Waals surface area contributed by atoms with Gasteiger partial charge in [-0.05, 0) is 35.4 Å². The van der Waals surface area contributed by atoms with E-state index in [1.165, 1.54) is 0 Å². The van der Waals surface area contributed by atoms with Gasteiger partial charge in [-0.2, -0.15) is 0 Å². The molecule has 0 saturated carbocycles. The van der Waals surface area contributed by atoms with Gasteiger partial charge in [0.1, 0.15) is 5.76 Å².